The van der Waals surface area contributed by atoms with Crippen molar-refractivity contribution < 1.29 is 14.2 Å². The lowest BCUT2D eigenvalue weighted by molar-refractivity contribution is -0.0847. The Hall–Kier alpha value is -1.26. The summed E-state index contributed by atoms with van der Waals surface area (Å²) >= 11 is 0. The van der Waals surface area contributed by atoms with E-state index < -0.39 is 0 Å². The van der Waals surface area contributed by atoms with Gasteiger partial charge in [0.05, 0.1) is 12.7 Å². The van der Waals surface area contributed by atoms with Gasteiger partial charge in [0.15, 0.2) is 0 Å². The van der Waals surface area contributed by atoms with Gasteiger partial charge in [0, 0.05) is 24.6 Å². The van der Waals surface area contributed by atoms with Gasteiger partial charge in [-0.15, -0.1) is 0 Å². The number of rotatable bonds is 5. The Kier molecular flexibility index (Phi) is 4.49. The first-order valence-corrected chi connectivity index (χ1v) is 7.46. The molecule has 1 saturated heterocycles. The Morgan fingerprint density at radius 1 is 1.29 bits per heavy atom. The third kappa shape index (κ3) is 3.69. The molecule has 1 aliphatic heterocycles. The van der Waals surface area contributed by atoms with Crippen molar-refractivity contribution in [3.05, 3.63) is 23.8 Å². The van der Waals surface area contributed by atoms with Gasteiger partial charge in [-0.05, 0) is 40.8 Å². The lowest BCUT2D eigenvalue weighted by Gasteiger charge is -2.28. The molecule has 0 amide bonds. The highest BCUT2D eigenvalue weighted by Crippen LogP contribution is 2.40. The zero-order chi connectivity index (χ0) is 15.7. The molecule has 21 heavy (non-hydrogen) atoms. The van der Waals surface area contributed by atoms with Crippen molar-refractivity contribution in [1.82, 2.24) is 5.32 Å². The van der Waals surface area contributed by atoms with Crippen LogP contribution in [0.1, 0.15) is 39.7 Å². The van der Waals surface area contributed by atoms with Gasteiger partial charge in [-0.1, -0.05) is 6.07 Å². The van der Waals surface area contributed by atoms with Crippen molar-refractivity contribution >= 4 is 0 Å². The van der Waals surface area contributed by atoms with Crippen LogP contribution < -0.4 is 14.8 Å². The summed E-state index contributed by atoms with van der Waals surface area (Å²) < 4.78 is 17.7. The van der Waals surface area contributed by atoms with Gasteiger partial charge in [-0.3, -0.25) is 0 Å². The SMILES string of the molecule is CNCc1ccc(OC)cc1OC1CC(C)(C)OC1(C)C. The van der Waals surface area contributed by atoms with E-state index in [4.69, 9.17) is 14.2 Å². The average Bonchev–Trinajstić information content (AvgIpc) is 2.59. The third-order valence-electron chi connectivity index (χ3n) is 3.90. The third-order valence-corrected chi connectivity index (χ3v) is 3.90. The Balaban J connectivity index is 2.25. The van der Waals surface area contributed by atoms with Crippen LogP contribution in [0.4, 0.5) is 0 Å². The molecule has 1 aromatic carbocycles. The van der Waals surface area contributed by atoms with Crippen molar-refractivity contribution in [2.75, 3.05) is 14.2 Å². The van der Waals surface area contributed by atoms with E-state index in [1.54, 1.807) is 7.11 Å². The van der Waals surface area contributed by atoms with Crippen molar-refractivity contribution in [3.63, 3.8) is 0 Å². The second kappa shape index (κ2) is 5.85. The fraction of sp³-hybridized carbons (Fsp3) is 0.647. The second-order valence-corrected chi connectivity index (χ2v) is 6.78. The maximum absolute atomic E-state index is 6.31. The lowest BCUT2D eigenvalue weighted by atomic mass is 9.97. The molecule has 4 heteroatoms. The van der Waals surface area contributed by atoms with E-state index in [0.717, 1.165) is 30.0 Å². The summed E-state index contributed by atoms with van der Waals surface area (Å²) in [5, 5.41) is 3.17. The normalized spacial score (nSPS) is 23.0. The highest BCUT2D eigenvalue weighted by molar-refractivity contribution is 5.41. The number of hydrogen-bond acceptors (Lipinski definition) is 4. The van der Waals surface area contributed by atoms with Crippen LogP contribution in [0.3, 0.4) is 0 Å². The lowest BCUT2D eigenvalue weighted by Crippen LogP contribution is -2.37. The number of ether oxygens (including phenoxy) is 3. The zero-order valence-electron chi connectivity index (χ0n) is 13.9. The number of hydrogen-bond donors (Lipinski definition) is 1. The highest BCUT2D eigenvalue weighted by Gasteiger charge is 2.47. The molecule has 1 fully saturated rings. The topological polar surface area (TPSA) is 39.7 Å². The van der Waals surface area contributed by atoms with Gasteiger partial charge in [0.2, 0.25) is 0 Å². The first-order chi connectivity index (χ1) is 9.77. The standard InChI is InChI=1S/C17H27NO3/c1-16(2)10-15(17(3,4)21-16)20-14-9-13(19-6)8-7-12(14)11-18-5/h7-9,15,18H,10-11H2,1-6H3. The van der Waals surface area contributed by atoms with E-state index in [1.807, 2.05) is 25.2 Å². The Morgan fingerprint density at radius 2 is 2.00 bits per heavy atom. The molecule has 1 N–H and O–H groups in total. The molecular weight excluding hydrogens is 266 g/mol. The fourth-order valence-corrected chi connectivity index (χ4v) is 2.96. The highest BCUT2D eigenvalue weighted by atomic mass is 16.6. The summed E-state index contributed by atoms with van der Waals surface area (Å²) in [6.07, 6.45) is 0.895. The molecule has 0 aromatic heterocycles. The molecule has 0 bridgehead atoms. The summed E-state index contributed by atoms with van der Waals surface area (Å²) in [6.45, 7) is 9.15. The number of benzene rings is 1. The summed E-state index contributed by atoms with van der Waals surface area (Å²) in [5.74, 6) is 1.67. The monoisotopic (exact) mass is 293 g/mol. The Bertz CT molecular complexity index is 497. The van der Waals surface area contributed by atoms with Crippen LogP contribution in [0.15, 0.2) is 18.2 Å². The van der Waals surface area contributed by atoms with E-state index in [-0.39, 0.29) is 17.3 Å². The van der Waals surface area contributed by atoms with Gasteiger partial charge in [-0.25, -0.2) is 0 Å². The predicted molar refractivity (Wildman–Crippen MR) is 84.0 cm³/mol. The molecular formula is C17H27NO3. The molecule has 0 radical (unpaired) electrons. The van der Waals surface area contributed by atoms with E-state index >= 15 is 0 Å². The van der Waals surface area contributed by atoms with E-state index in [9.17, 15) is 0 Å². The minimum atomic E-state index is -0.302. The minimum Gasteiger partial charge on any atom is -0.497 e. The molecule has 1 heterocycles. The van der Waals surface area contributed by atoms with Crippen LogP contribution in [-0.2, 0) is 11.3 Å². The molecule has 118 valence electrons. The molecule has 0 spiro atoms. The summed E-state index contributed by atoms with van der Waals surface area (Å²) in [6, 6.07) is 5.95. The molecule has 4 nitrogen and oxygen atoms in total. The largest absolute Gasteiger partial charge is 0.497 e. The van der Waals surface area contributed by atoms with Crippen LogP contribution in [0.5, 0.6) is 11.5 Å². The summed E-state index contributed by atoms with van der Waals surface area (Å²) in [7, 11) is 3.60. The molecule has 0 saturated carbocycles. The Morgan fingerprint density at radius 3 is 2.52 bits per heavy atom. The van der Waals surface area contributed by atoms with Gasteiger partial charge >= 0.3 is 0 Å². The van der Waals surface area contributed by atoms with Gasteiger partial charge in [0.1, 0.15) is 23.2 Å². The molecule has 0 aliphatic carbocycles. The summed E-state index contributed by atoms with van der Waals surface area (Å²) in [4.78, 5) is 0. The summed E-state index contributed by atoms with van der Waals surface area (Å²) in [5.41, 5.74) is 0.665. The molecule has 1 unspecified atom stereocenters. The molecule has 1 aromatic rings. The van der Waals surface area contributed by atoms with E-state index in [1.165, 1.54) is 0 Å². The van der Waals surface area contributed by atoms with Crippen molar-refractivity contribution in [2.24, 2.45) is 0 Å². The number of methoxy groups -OCH3 is 1. The van der Waals surface area contributed by atoms with Gasteiger partial charge in [0.25, 0.3) is 0 Å². The quantitative estimate of drug-likeness (QED) is 0.905. The average molecular weight is 293 g/mol. The van der Waals surface area contributed by atoms with Crippen LogP contribution in [0.2, 0.25) is 0 Å². The maximum atomic E-state index is 6.31. The maximum Gasteiger partial charge on any atom is 0.130 e. The second-order valence-electron chi connectivity index (χ2n) is 6.78. The van der Waals surface area contributed by atoms with Gasteiger partial charge < -0.3 is 19.5 Å². The molecule has 1 atom stereocenters. The molecule has 2 rings (SSSR count). The van der Waals surface area contributed by atoms with Crippen LogP contribution >= 0.6 is 0 Å². The van der Waals surface area contributed by atoms with Crippen LogP contribution in [0.25, 0.3) is 0 Å². The first kappa shape index (κ1) is 16.1. The fourth-order valence-electron chi connectivity index (χ4n) is 2.96. The number of nitrogens with one attached hydrogen (secondary N) is 1. The zero-order valence-corrected chi connectivity index (χ0v) is 13.9. The van der Waals surface area contributed by atoms with Crippen LogP contribution in [0, 0.1) is 0 Å². The minimum absolute atomic E-state index is 0.0233. The smallest absolute Gasteiger partial charge is 0.130 e. The van der Waals surface area contributed by atoms with E-state index in [2.05, 4.69) is 33.0 Å². The van der Waals surface area contributed by atoms with Crippen LogP contribution in [-0.4, -0.2) is 31.5 Å². The van der Waals surface area contributed by atoms with Crippen molar-refractivity contribution in [1.29, 1.82) is 0 Å². The van der Waals surface area contributed by atoms with E-state index in [0.29, 0.717) is 0 Å². The van der Waals surface area contributed by atoms with Crippen molar-refractivity contribution in [2.45, 2.75) is 58.0 Å². The first-order valence-electron chi connectivity index (χ1n) is 7.46. The van der Waals surface area contributed by atoms with Crippen molar-refractivity contribution in [3.8, 4) is 11.5 Å². The van der Waals surface area contributed by atoms with Gasteiger partial charge in [-0.2, -0.15) is 0 Å². The predicted octanol–water partition coefficient (Wildman–Crippen LogP) is 3.14. The molecule has 1 aliphatic rings. The Labute approximate surface area is 127 Å².